The van der Waals surface area contributed by atoms with Gasteiger partial charge in [-0.2, -0.15) is 0 Å². The average molecular weight is 239 g/mol. The summed E-state index contributed by atoms with van der Waals surface area (Å²) in [4.78, 5) is 11.6. The van der Waals surface area contributed by atoms with E-state index in [-0.39, 0.29) is 12.4 Å². The van der Waals surface area contributed by atoms with Gasteiger partial charge in [0.15, 0.2) is 11.5 Å². The number of aliphatic hydroxyl groups excluding tert-OH is 1. The molecule has 0 saturated heterocycles. The first-order valence-electron chi connectivity index (χ1n) is 6.18. The van der Waals surface area contributed by atoms with Gasteiger partial charge in [-0.05, 0) is 25.0 Å². The van der Waals surface area contributed by atoms with Crippen LogP contribution in [0.5, 0.6) is 0 Å². The van der Waals surface area contributed by atoms with E-state index in [9.17, 15) is 4.79 Å². The molecule has 1 atom stereocenters. The highest BCUT2D eigenvalue weighted by Crippen LogP contribution is 2.05. The van der Waals surface area contributed by atoms with Crippen molar-refractivity contribution in [3.63, 3.8) is 0 Å². The Bertz CT molecular complexity index is 302. The zero-order valence-corrected chi connectivity index (χ0v) is 10.3. The van der Waals surface area contributed by atoms with Crippen molar-refractivity contribution in [1.82, 2.24) is 5.32 Å². The number of Topliss-reactive ketones (excluding diaryl/α,β-unsaturated/α-hetero) is 1. The minimum atomic E-state index is 0.0155. The predicted octanol–water partition coefficient (Wildman–Crippen LogP) is 1.99. The number of ketones is 1. The number of nitrogens with one attached hydrogen (secondary N) is 1. The van der Waals surface area contributed by atoms with Crippen molar-refractivity contribution in [1.29, 1.82) is 0 Å². The lowest BCUT2D eigenvalue weighted by atomic mass is 10.1. The zero-order valence-electron chi connectivity index (χ0n) is 10.3. The molecule has 4 heteroatoms. The van der Waals surface area contributed by atoms with Crippen molar-refractivity contribution in [2.24, 2.45) is 0 Å². The van der Waals surface area contributed by atoms with E-state index in [0.29, 0.717) is 24.8 Å². The molecule has 0 fully saturated rings. The molecule has 4 nitrogen and oxygen atoms in total. The van der Waals surface area contributed by atoms with Gasteiger partial charge in [-0.1, -0.05) is 13.3 Å². The van der Waals surface area contributed by atoms with Gasteiger partial charge in [0.2, 0.25) is 0 Å². The largest absolute Gasteiger partial charge is 0.461 e. The second-order valence-electron chi connectivity index (χ2n) is 4.10. The van der Waals surface area contributed by atoms with Gasteiger partial charge in [-0.15, -0.1) is 0 Å². The summed E-state index contributed by atoms with van der Waals surface area (Å²) in [6.07, 6.45) is 4.77. The molecule has 96 valence electrons. The Morgan fingerprint density at radius 1 is 1.53 bits per heavy atom. The van der Waals surface area contributed by atoms with Crippen LogP contribution in [0, 0.1) is 0 Å². The van der Waals surface area contributed by atoms with Gasteiger partial charge in [0, 0.05) is 25.6 Å². The first-order chi connectivity index (χ1) is 8.27. The van der Waals surface area contributed by atoms with E-state index in [2.05, 4.69) is 12.2 Å². The maximum atomic E-state index is 11.6. The topological polar surface area (TPSA) is 62.5 Å². The average Bonchev–Trinajstić information content (AvgIpc) is 2.83. The number of carbonyl (C=O) groups excluding carboxylic acids is 1. The molecule has 0 aromatic carbocycles. The molecule has 1 aromatic heterocycles. The fourth-order valence-corrected chi connectivity index (χ4v) is 1.80. The number of furan rings is 1. The van der Waals surface area contributed by atoms with Crippen molar-refractivity contribution >= 4 is 5.78 Å². The molecule has 0 spiro atoms. The van der Waals surface area contributed by atoms with E-state index < -0.39 is 0 Å². The summed E-state index contributed by atoms with van der Waals surface area (Å²) in [5.41, 5.74) is 0. The van der Waals surface area contributed by atoms with Crippen LogP contribution in [0.25, 0.3) is 0 Å². The summed E-state index contributed by atoms with van der Waals surface area (Å²) in [6, 6.07) is 3.70. The molecule has 1 unspecified atom stereocenters. The summed E-state index contributed by atoms with van der Waals surface area (Å²) < 4.78 is 5.03. The Kier molecular flexibility index (Phi) is 6.58. The van der Waals surface area contributed by atoms with Crippen LogP contribution in [0.2, 0.25) is 0 Å². The molecule has 0 aliphatic carbocycles. The quantitative estimate of drug-likeness (QED) is 0.647. The van der Waals surface area contributed by atoms with Gasteiger partial charge in [0.1, 0.15) is 0 Å². The van der Waals surface area contributed by atoms with Crippen molar-refractivity contribution < 1.29 is 14.3 Å². The predicted molar refractivity (Wildman–Crippen MR) is 66.1 cm³/mol. The van der Waals surface area contributed by atoms with Crippen molar-refractivity contribution in [2.45, 2.75) is 38.6 Å². The summed E-state index contributed by atoms with van der Waals surface area (Å²) in [5, 5.41) is 12.2. The van der Waals surface area contributed by atoms with Crippen LogP contribution in [0.3, 0.4) is 0 Å². The second-order valence-corrected chi connectivity index (χ2v) is 4.10. The summed E-state index contributed by atoms with van der Waals surface area (Å²) in [6.45, 7) is 2.92. The van der Waals surface area contributed by atoms with Gasteiger partial charge in [0.25, 0.3) is 0 Å². The summed E-state index contributed by atoms with van der Waals surface area (Å²) in [7, 11) is 0. The molecular weight excluding hydrogens is 218 g/mol. The van der Waals surface area contributed by atoms with Crippen LogP contribution < -0.4 is 5.32 Å². The number of carbonyl (C=O) groups is 1. The SMILES string of the molecule is CCCC(CCO)NCCC(=O)c1ccco1. The Hall–Kier alpha value is -1.13. The highest BCUT2D eigenvalue weighted by molar-refractivity contribution is 5.93. The number of hydrogen-bond donors (Lipinski definition) is 2. The summed E-state index contributed by atoms with van der Waals surface area (Å²) >= 11 is 0. The van der Waals surface area contributed by atoms with Gasteiger partial charge in [-0.3, -0.25) is 4.79 Å². The third-order valence-electron chi connectivity index (χ3n) is 2.70. The molecule has 0 radical (unpaired) electrons. The molecule has 0 aliphatic heterocycles. The van der Waals surface area contributed by atoms with Crippen LogP contribution in [0.4, 0.5) is 0 Å². The normalized spacial score (nSPS) is 12.6. The first-order valence-corrected chi connectivity index (χ1v) is 6.18. The van der Waals surface area contributed by atoms with E-state index in [1.54, 1.807) is 12.1 Å². The Morgan fingerprint density at radius 3 is 2.94 bits per heavy atom. The van der Waals surface area contributed by atoms with Gasteiger partial charge >= 0.3 is 0 Å². The minimum absolute atomic E-state index is 0.0155. The van der Waals surface area contributed by atoms with Gasteiger partial charge in [-0.25, -0.2) is 0 Å². The highest BCUT2D eigenvalue weighted by atomic mass is 16.3. The van der Waals surface area contributed by atoms with Crippen molar-refractivity contribution in [3.8, 4) is 0 Å². The minimum Gasteiger partial charge on any atom is -0.461 e. The molecule has 0 amide bonds. The third kappa shape index (κ3) is 5.15. The standard InChI is InChI=1S/C13H21NO3/c1-2-4-11(7-9-15)14-8-6-12(16)13-5-3-10-17-13/h3,5,10-11,14-15H,2,4,6-9H2,1H3. The molecule has 1 aromatic rings. The molecule has 2 N–H and O–H groups in total. The van der Waals surface area contributed by atoms with Crippen LogP contribution in [-0.4, -0.2) is 30.1 Å². The fourth-order valence-electron chi connectivity index (χ4n) is 1.80. The lowest BCUT2D eigenvalue weighted by Gasteiger charge is -2.16. The van der Waals surface area contributed by atoms with E-state index in [0.717, 1.165) is 19.3 Å². The number of aliphatic hydroxyl groups is 1. The monoisotopic (exact) mass is 239 g/mol. The molecule has 17 heavy (non-hydrogen) atoms. The third-order valence-corrected chi connectivity index (χ3v) is 2.70. The maximum Gasteiger partial charge on any atom is 0.199 e. The molecular formula is C13H21NO3. The van der Waals surface area contributed by atoms with Gasteiger partial charge < -0.3 is 14.8 Å². The summed E-state index contributed by atoms with van der Waals surface area (Å²) in [5.74, 6) is 0.433. The van der Waals surface area contributed by atoms with Crippen LogP contribution in [0.15, 0.2) is 22.8 Å². The molecule has 1 rings (SSSR count). The van der Waals surface area contributed by atoms with Crippen LogP contribution >= 0.6 is 0 Å². The molecule has 0 saturated carbocycles. The Balaban J connectivity index is 2.23. The van der Waals surface area contributed by atoms with E-state index in [1.807, 2.05) is 0 Å². The number of hydrogen-bond acceptors (Lipinski definition) is 4. The fraction of sp³-hybridized carbons (Fsp3) is 0.615. The lowest BCUT2D eigenvalue weighted by molar-refractivity contribution is 0.0954. The highest BCUT2D eigenvalue weighted by Gasteiger charge is 2.10. The Labute approximate surface area is 102 Å². The Morgan fingerprint density at radius 2 is 2.35 bits per heavy atom. The van der Waals surface area contributed by atoms with E-state index in [1.165, 1.54) is 6.26 Å². The van der Waals surface area contributed by atoms with Gasteiger partial charge in [0.05, 0.1) is 6.26 Å². The molecule has 0 bridgehead atoms. The van der Waals surface area contributed by atoms with Crippen LogP contribution in [-0.2, 0) is 0 Å². The second kappa shape index (κ2) is 8.03. The molecule has 1 heterocycles. The molecule has 0 aliphatic rings. The number of rotatable bonds is 9. The lowest BCUT2D eigenvalue weighted by Crippen LogP contribution is -2.31. The van der Waals surface area contributed by atoms with E-state index >= 15 is 0 Å². The van der Waals surface area contributed by atoms with E-state index in [4.69, 9.17) is 9.52 Å². The first kappa shape index (κ1) is 13.9. The smallest absolute Gasteiger partial charge is 0.199 e. The van der Waals surface area contributed by atoms with Crippen LogP contribution in [0.1, 0.15) is 43.2 Å². The van der Waals surface area contributed by atoms with Crippen molar-refractivity contribution in [3.05, 3.63) is 24.2 Å². The van der Waals surface area contributed by atoms with Crippen molar-refractivity contribution in [2.75, 3.05) is 13.2 Å². The zero-order chi connectivity index (χ0) is 12.5. The maximum absolute atomic E-state index is 11.6.